The first-order valence-corrected chi connectivity index (χ1v) is 8.07. The van der Waals surface area contributed by atoms with Gasteiger partial charge in [-0.3, -0.25) is 9.59 Å². The number of hydrogen-bond donors (Lipinski definition) is 1. The van der Waals surface area contributed by atoms with Gasteiger partial charge >= 0.3 is 12.1 Å². The van der Waals surface area contributed by atoms with E-state index in [2.05, 4.69) is 0 Å². The molecule has 3 rings (SSSR count). The summed E-state index contributed by atoms with van der Waals surface area (Å²) in [6.45, 7) is -0.454. The molecule has 0 unspecified atom stereocenters. The smallest absolute Gasteiger partial charge is 0.417 e. The first-order valence-electron chi connectivity index (χ1n) is 7.69. The Balaban J connectivity index is 2.02. The summed E-state index contributed by atoms with van der Waals surface area (Å²) in [4.78, 5) is 24.1. The van der Waals surface area contributed by atoms with Gasteiger partial charge in [0.25, 0.3) is 0 Å². The quantitative estimate of drug-likeness (QED) is 0.855. The monoisotopic (exact) mass is 383 g/mol. The van der Waals surface area contributed by atoms with E-state index in [-0.39, 0.29) is 17.4 Å². The molecule has 136 valence electrons. The second-order valence-corrected chi connectivity index (χ2v) is 6.32. The minimum Gasteiger partial charge on any atom is -0.480 e. The number of fused-ring (bicyclic) bond motifs is 1. The average Bonchev–Trinajstić information content (AvgIpc) is 2.56. The molecule has 1 aliphatic heterocycles. The molecule has 2 aromatic carbocycles. The molecule has 1 heterocycles. The summed E-state index contributed by atoms with van der Waals surface area (Å²) in [5.74, 6) is -1.43. The third kappa shape index (κ3) is 3.53. The molecule has 0 atom stereocenters. The Kier molecular flexibility index (Phi) is 4.66. The summed E-state index contributed by atoms with van der Waals surface area (Å²) in [7, 11) is 0. The molecule has 0 saturated heterocycles. The van der Waals surface area contributed by atoms with Gasteiger partial charge in [0.15, 0.2) is 0 Å². The highest BCUT2D eigenvalue weighted by Gasteiger charge is 2.33. The minimum atomic E-state index is -4.56. The Bertz CT molecular complexity index is 896. The molecule has 0 radical (unpaired) electrons. The van der Waals surface area contributed by atoms with Crippen LogP contribution in [-0.2, 0) is 22.2 Å². The van der Waals surface area contributed by atoms with Gasteiger partial charge in [-0.2, -0.15) is 13.2 Å². The van der Waals surface area contributed by atoms with Crippen LogP contribution in [0.4, 0.5) is 18.9 Å². The molecule has 0 spiro atoms. The van der Waals surface area contributed by atoms with Crippen LogP contribution in [0, 0.1) is 0 Å². The zero-order valence-corrected chi connectivity index (χ0v) is 14.1. The number of anilines is 1. The lowest BCUT2D eigenvalue weighted by molar-refractivity contribution is -0.137. The van der Waals surface area contributed by atoms with Crippen LogP contribution in [0.15, 0.2) is 36.4 Å². The van der Waals surface area contributed by atoms with E-state index < -0.39 is 24.3 Å². The van der Waals surface area contributed by atoms with Crippen LogP contribution in [-0.4, -0.2) is 23.5 Å². The lowest BCUT2D eigenvalue weighted by Gasteiger charge is -2.28. The molecule has 2 aromatic rings. The van der Waals surface area contributed by atoms with Crippen molar-refractivity contribution in [3.05, 3.63) is 52.5 Å². The Hall–Kier alpha value is -2.54. The molecule has 0 bridgehead atoms. The van der Waals surface area contributed by atoms with Crippen LogP contribution in [0.5, 0.6) is 0 Å². The number of amides is 1. The van der Waals surface area contributed by atoms with E-state index >= 15 is 0 Å². The van der Waals surface area contributed by atoms with E-state index in [4.69, 9.17) is 16.7 Å². The van der Waals surface area contributed by atoms with Gasteiger partial charge in [0.05, 0.1) is 10.6 Å². The van der Waals surface area contributed by atoms with Crippen molar-refractivity contribution in [1.29, 1.82) is 0 Å². The maximum absolute atomic E-state index is 13.0. The highest BCUT2D eigenvalue weighted by Crippen LogP contribution is 2.38. The second kappa shape index (κ2) is 6.64. The van der Waals surface area contributed by atoms with Crippen molar-refractivity contribution >= 4 is 29.2 Å². The highest BCUT2D eigenvalue weighted by atomic mass is 35.5. The fraction of sp³-hybridized carbons (Fsp3) is 0.222. The van der Waals surface area contributed by atoms with Crippen molar-refractivity contribution in [1.82, 2.24) is 0 Å². The predicted molar refractivity (Wildman–Crippen MR) is 90.2 cm³/mol. The van der Waals surface area contributed by atoms with E-state index in [1.807, 2.05) is 0 Å². The largest absolute Gasteiger partial charge is 0.480 e. The molecule has 26 heavy (non-hydrogen) atoms. The van der Waals surface area contributed by atoms with Crippen LogP contribution in [0.1, 0.15) is 17.5 Å². The molecule has 0 fully saturated rings. The van der Waals surface area contributed by atoms with Gasteiger partial charge in [0.1, 0.15) is 6.54 Å². The van der Waals surface area contributed by atoms with Gasteiger partial charge in [0, 0.05) is 12.1 Å². The SMILES string of the molecule is O=C(O)CN1C(=O)CCc2cc(-c3ccc(Cl)c(C(F)(F)F)c3)ccc21. The van der Waals surface area contributed by atoms with Crippen LogP contribution in [0.25, 0.3) is 11.1 Å². The number of nitrogens with zero attached hydrogens (tertiary/aromatic N) is 1. The summed E-state index contributed by atoms with van der Waals surface area (Å²) < 4.78 is 39.1. The lowest BCUT2D eigenvalue weighted by Crippen LogP contribution is -2.38. The number of alkyl halides is 3. The summed E-state index contributed by atoms with van der Waals surface area (Å²) in [6, 6.07) is 8.47. The first-order chi connectivity index (χ1) is 12.2. The van der Waals surface area contributed by atoms with Gasteiger partial charge in [-0.05, 0) is 47.4 Å². The molecule has 0 aliphatic carbocycles. The van der Waals surface area contributed by atoms with Crippen molar-refractivity contribution in [3.63, 3.8) is 0 Å². The Morgan fingerprint density at radius 2 is 1.77 bits per heavy atom. The maximum Gasteiger partial charge on any atom is 0.417 e. The van der Waals surface area contributed by atoms with E-state index in [0.29, 0.717) is 28.8 Å². The van der Waals surface area contributed by atoms with E-state index in [0.717, 1.165) is 6.07 Å². The number of halogens is 4. The van der Waals surface area contributed by atoms with Gasteiger partial charge < -0.3 is 10.0 Å². The van der Waals surface area contributed by atoms with Crippen molar-refractivity contribution in [2.24, 2.45) is 0 Å². The third-order valence-electron chi connectivity index (χ3n) is 4.18. The number of hydrogen-bond acceptors (Lipinski definition) is 2. The summed E-state index contributed by atoms with van der Waals surface area (Å²) in [6.07, 6.45) is -4.01. The highest BCUT2D eigenvalue weighted by molar-refractivity contribution is 6.31. The molecule has 8 heteroatoms. The number of benzene rings is 2. The van der Waals surface area contributed by atoms with Crippen LogP contribution in [0.2, 0.25) is 5.02 Å². The molecule has 4 nitrogen and oxygen atoms in total. The second-order valence-electron chi connectivity index (χ2n) is 5.91. The summed E-state index contributed by atoms with van der Waals surface area (Å²) >= 11 is 5.65. The van der Waals surface area contributed by atoms with Gasteiger partial charge in [-0.25, -0.2) is 0 Å². The maximum atomic E-state index is 13.0. The molecular weight excluding hydrogens is 371 g/mol. The van der Waals surface area contributed by atoms with Gasteiger partial charge in [-0.15, -0.1) is 0 Å². The fourth-order valence-electron chi connectivity index (χ4n) is 2.97. The van der Waals surface area contributed by atoms with Crippen molar-refractivity contribution in [2.45, 2.75) is 19.0 Å². The van der Waals surface area contributed by atoms with Crippen LogP contribution in [0.3, 0.4) is 0 Å². The molecule has 1 N–H and O–H groups in total. The van der Waals surface area contributed by atoms with E-state index in [1.165, 1.54) is 17.0 Å². The van der Waals surface area contributed by atoms with Gasteiger partial charge in [-0.1, -0.05) is 23.7 Å². The lowest BCUT2D eigenvalue weighted by atomic mass is 9.95. The minimum absolute atomic E-state index is 0.151. The average molecular weight is 384 g/mol. The van der Waals surface area contributed by atoms with Crippen LogP contribution >= 0.6 is 11.6 Å². The predicted octanol–water partition coefficient (Wildman–Crippen LogP) is 4.39. The Morgan fingerprint density at radius 1 is 1.12 bits per heavy atom. The molecule has 0 aromatic heterocycles. The number of carbonyl (C=O) groups is 2. The van der Waals surface area contributed by atoms with Crippen LogP contribution < -0.4 is 4.90 Å². The summed E-state index contributed by atoms with van der Waals surface area (Å²) in [5.41, 5.74) is 1.14. The topological polar surface area (TPSA) is 57.6 Å². The van der Waals surface area contributed by atoms with Crippen molar-refractivity contribution in [2.75, 3.05) is 11.4 Å². The standard InChI is InChI=1S/C18H13ClF3NO3/c19-14-4-1-11(8-13(14)18(20,21)22)10-2-5-15-12(7-10)3-6-16(24)23(15)9-17(25)26/h1-2,4-5,7-8H,3,6,9H2,(H,25,26). The number of carboxylic acids is 1. The zero-order chi connectivity index (χ0) is 19.1. The Morgan fingerprint density at radius 3 is 2.42 bits per heavy atom. The van der Waals surface area contributed by atoms with E-state index in [9.17, 15) is 22.8 Å². The first kappa shape index (κ1) is 18.3. The van der Waals surface area contributed by atoms with Crippen molar-refractivity contribution < 1.29 is 27.9 Å². The molecule has 1 amide bonds. The number of carboxylic acid groups (broad SMARTS) is 1. The number of carbonyl (C=O) groups excluding carboxylic acids is 1. The zero-order valence-electron chi connectivity index (χ0n) is 13.3. The summed E-state index contributed by atoms with van der Waals surface area (Å²) in [5, 5.41) is 8.58. The van der Waals surface area contributed by atoms with Crippen molar-refractivity contribution in [3.8, 4) is 11.1 Å². The number of aliphatic carboxylic acids is 1. The third-order valence-corrected chi connectivity index (χ3v) is 4.51. The normalized spacial score (nSPS) is 14.3. The molecular formula is C18H13ClF3NO3. The Labute approximate surface area is 151 Å². The van der Waals surface area contributed by atoms with E-state index in [1.54, 1.807) is 18.2 Å². The molecule has 0 saturated carbocycles. The number of rotatable bonds is 3. The van der Waals surface area contributed by atoms with Gasteiger partial charge in [0.2, 0.25) is 5.91 Å². The fourth-order valence-corrected chi connectivity index (χ4v) is 3.19. The number of aryl methyl sites for hydroxylation is 1. The molecule has 1 aliphatic rings.